The van der Waals surface area contributed by atoms with Crippen molar-refractivity contribution in [3.63, 3.8) is 0 Å². The number of nitriles is 1. The molecular formula is C18H24N4O3S2. The number of pyridine rings is 1. The summed E-state index contributed by atoms with van der Waals surface area (Å²) in [6, 6.07) is 5.44. The van der Waals surface area contributed by atoms with Crippen LogP contribution in [0.2, 0.25) is 0 Å². The summed E-state index contributed by atoms with van der Waals surface area (Å²) in [6.45, 7) is 1.11. The van der Waals surface area contributed by atoms with Crippen molar-refractivity contribution in [2.45, 2.75) is 60.4 Å². The quantitative estimate of drug-likeness (QED) is 0.725. The highest BCUT2D eigenvalue weighted by Gasteiger charge is 2.33. The number of nitrogens with zero attached hydrogens (tertiary/aromatic N) is 3. The molecule has 0 bridgehead atoms. The Kier molecular flexibility index (Phi) is 6.40. The van der Waals surface area contributed by atoms with Gasteiger partial charge in [-0.2, -0.15) is 9.57 Å². The first-order chi connectivity index (χ1) is 13.0. The van der Waals surface area contributed by atoms with E-state index in [9.17, 15) is 18.5 Å². The minimum absolute atomic E-state index is 0.147. The zero-order valence-electron chi connectivity index (χ0n) is 15.2. The van der Waals surface area contributed by atoms with Gasteiger partial charge in [0.1, 0.15) is 10.4 Å². The van der Waals surface area contributed by atoms with E-state index in [0.717, 1.165) is 32.1 Å². The Balaban J connectivity index is 1.55. The van der Waals surface area contributed by atoms with Gasteiger partial charge < -0.3 is 5.32 Å². The molecule has 9 heteroatoms. The molecule has 2 heterocycles. The van der Waals surface area contributed by atoms with Crippen LogP contribution in [0.25, 0.3) is 0 Å². The molecule has 1 saturated heterocycles. The smallest absolute Gasteiger partial charge is 0.244 e. The monoisotopic (exact) mass is 408 g/mol. The number of sulfonamides is 1. The Bertz CT molecular complexity index is 806. The SMILES string of the molecule is N#CC1(NC(=O)CSc2ccc(S(=O)(=O)N3CCCC3)cn2)CCCCC1. The number of hydrogen-bond donors (Lipinski definition) is 1. The van der Waals surface area contributed by atoms with Crippen LogP contribution in [0.4, 0.5) is 0 Å². The van der Waals surface area contributed by atoms with E-state index in [1.807, 2.05) is 0 Å². The van der Waals surface area contributed by atoms with E-state index in [-0.39, 0.29) is 16.6 Å². The number of rotatable bonds is 6. The van der Waals surface area contributed by atoms with Gasteiger partial charge in [-0.25, -0.2) is 13.4 Å². The van der Waals surface area contributed by atoms with Crippen LogP contribution in [0, 0.1) is 11.3 Å². The van der Waals surface area contributed by atoms with E-state index >= 15 is 0 Å². The number of thioether (sulfide) groups is 1. The maximum atomic E-state index is 12.5. The third kappa shape index (κ3) is 4.81. The van der Waals surface area contributed by atoms with E-state index in [1.165, 1.54) is 22.3 Å². The summed E-state index contributed by atoms with van der Waals surface area (Å²) < 4.78 is 26.5. The first kappa shape index (κ1) is 20.1. The highest BCUT2D eigenvalue weighted by Crippen LogP contribution is 2.28. The number of aromatic nitrogens is 1. The molecule has 3 rings (SSSR count). The number of nitrogens with one attached hydrogen (secondary N) is 1. The lowest BCUT2D eigenvalue weighted by Crippen LogP contribution is -2.49. The van der Waals surface area contributed by atoms with Gasteiger partial charge in [0.25, 0.3) is 0 Å². The molecular weight excluding hydrogens is 384 g/mol. The largest absolute Gasteiger partial charge is 0.337 e. The van der Waals surface area contributed by atoms with Crippen LogP contribution in [0.1, 0.15) is 44.9 Å². The predicted octanol–water partition coefficient (Wildman–Crippen LogP) is 2.30. The van der Waals surface area contributed by atoms with Crippen molar-refractivity contribution in [3.05, 3.63) is 18.3 Å². The molecule has 0 radical (unpaired) electrons. The lowest BCUT2D eigenvalue weighted by molar-refractivity contribution is -0.120. The molecule has 1 aliphatic carbocycles. The van der Waals surface area contributed by atoms with Crippen molar-refractivity contribution in [3.8, 4) is 6.07 Å². The molecule has 1 aliphatic heterocycles. The lowest BCUT2D eigenvalue weighted by atomic mass is 9.83. The van der Waals surface area contributed by atoms with Gasteiger partial charge in [0.15, 0.2) is 0 Å². The van der Waals surface area contributed by atoms with Crippen LogP contribution in [0.3, 0.4) is 0 Å². The summed E-state index contributed by atoms with van der Waals surface area (Å²) >= 11 is 1.24. The van der Waals surface area contributed by atoms with Gasteiger partial charge in [0.05, 0.1) is 16.8 Å². The first-order valence-electron chi connectivity index (χ1n) is 9.26. The van der Waals surface area contributed by atoms with Crippen molar-refractivity contribution in [1.29, 1.82) is 5.26 Å². The summed E-state index contributed by atoms with van der Waals surface area (Å²) in [5.74, 6) is -0.0479. The molecule has 1 aromatic heterocycles. The fourth-order valence-electron chi connectivity index (χ4n) is 3.54. The van der Waals surface area contributed by atoms with Gasteiger partial charge in [-0.3, -0.25) is 4.79 Å². The lowest BCUT2D eigenvalue weighted by Gasteiger charge is -2.31. The van der Waals surface area contributed by atoms with Crippen molar-refractivity contribution in [2.75, 3.05) is 18.8 Å². The van der Waals surface area contributed by atoms with Crippen LogP contribution in [0.5, 0.6) is 0 Å². The van der Waals surface area contributed by atoms with E-state index in [4.69, 9.17) is 0 Å². The maximum Gasteiger partial charge on any atom is 0.244 e. The Morgan fingerprint density at radius 3 is 2.52 bits per heavy atom. The normalized spacial score (nSPS) is 20.1. The second kappa shape index (κ2) is 8.59. The molecule has 1 saturated carbocycles. The molecule has 0 atom stereocenters. The second-order valence-electron chi connectivity index (χ2n) is 7.03. The van der Waals surface area contributed by atoms with Crippen molar-refractivity contribution >= 4 is 27.7 Å². The van der Waals surface area contributed by atoms with Crippen molar-refractivity contribution in [1.82, 2.24) is 14.6 Å². The minimum Gasteiger partial charge on any atom is -0.337 e. The Labute approximate surface area is 164 Å². The molecule has 2 fully saturated rings. The molecule has 0 unspecified atom stereocenters. The topological polar surface area (TPSA) is 103 Å². The number of hydrogen-bond acceptors (Lipinski definition) is 6. The number of amides is 1. The van der Waals surface area contributed by atoms with Gasteiger partial charge in [-0.05, 0) is 37.8 Å². The average Bonchev–Trinajstić information content (AvgIpc) is 3.23. The zero-order valence-corrected chi connectivity index (χ0v) is 16.8. The van der Waals surface area contributed by atoms with Gasteiger partial charge in [-0.15, -0.1) is 0 Å². The predicted molar refractivity (Wildman–Crippen MR) is 103 cm³/mol. The molecule has 7 nitrogen and oxygen atoms in total. The van der Waals surface area contributed by atoms with E-state index in [1.54, 1.807) is 12.1 Å². The second-order valence-corrected chi connectivity index (χ2v) is 9.97. The zero-order chi connectivity index (χ0) is 19.3. The molecule has 1 aromatic rings. The van der Waals surface area contributed by atoms with Crippen molar-refractivity contribution in [2.24, 2.45) is 0 Å². The van der Waals surface area contributed by atoms with Gasteiger partial charge in [0.2, 0.25) is 15.9 Å². The molecule has 2 aliphatic rings. The highest BCUT2D eigenvalue weighted by atomic mass is 32.2. The van der Waals surface area contributed by atoms with E-state index in [0.29, 0.717) is 31.0 Å². The van der Waals surface area contributed by atoms with Crippen LogP contribution >= 0.6 is 11.8 Å². The third-order valence-corrected chi connectivity index (χ3v) is 7.89. The van der Waals surface area contributed by atoms with Crippen molar-refractivity contribution < 1.29 is 13.2 Å². The standard InChI is InChI=1S/C18H24N4O3S2/c19-14-18(8-2-1-3-9-18)21-16(23)13-26-17-7-6-15(12-20-17)27(24,25)22-10-4-5-11-22/h6-7,12H,1-5,8-11,13H2,(H,21,23). The molecule has 0 aromatic carbocycles. The van der Waals surface area contributed by atoms with Gasteiger partial charge in [0, 0.05) is 19.3 Å². The fourth-order valence-corrected chi connectivity index (χ4v) is 5.65. The summed E-state index contributed by atoms with van der Waals surface area (Å²) in [7, 11) is -3.47. The maximum absolute atomic E-state index is 12.5. The Hall–Kier alpha value is -1.63. The summed E-state index contributed by atoms with van der Waals surface area (Å²) in [5.41, 5.74) is -0.739. The number of carbonyl (C=O) groups is 1. The molecule has 1 amide bonds. The summed E-state index contributed by atoms with van der Waals surface area (Å²) in [5, 5.41) is 12.9. The summed E-state index contributed by atoms with van der Waals surface area (Å²) in [4.78, 5) is 16.6. The van der Waals surface area contributed by atoms with E-state index in [2.05, 4.69) is 16.4 Å². The Morgan fingerprint density at radius 1 is 1.22 bits per heavy atom. The van der Waals surface area contributed by atoms with Crippen LogP contribution < -0.4 is 5.32 Å². The Morgan fingerprint density at radius 2 is 1.93 bits per heavy atom. The molecule has 146 valence electrons. The van der Waals surface area contributed by atoms with Crippen LogP contribution in [-0.2, 0) is 14.8 Å². The van der Waals surface area contributed by atoms with E-state index < -0.39 is 15.6 Å². The molecule has 27 heavy (non-hydrogen) atoms. The minimum atomic E-state index is -3.47. The first-order valence-corrected chi connectivity index (χ1v) is 11.7. The van der Waals surface area contributed by atoms with Gasteiger partial charge >= 0.3 is 0 Å². The highest BCUT2D eigenvalue weighted by molar-refractivity contribution is 7.99. The fraction of sp³-hybridized carbons (Fsp3) is 0.611. The van der Waals surface area contributed by atoms with Gasteiger partial charge in [-0.1, -0.05) is 31.0 Å². The third-order valence-electron chi connectivity index (χ3n) is 5.06. The summed E-state index contributed by atoms with van der Waals surface area (Å²) in [6.07, 6.45) is 7.53. The van der Waals surface area contributed by atoms with Crippen LogP contribution in [-0.4, -0.2) is 48.0 Å². The number of carbonyl (C=O) groups excluding carboxylic acids is 1. The van der Waals surface area contributed by atoms with Crippen LogP contribution in [0.15, 0.2) is 28.3 Å². The average molecular weight is 409 g/mol. The molecule has 1 N–H and O–H groups in total. The molecule has 0 spiro atoms.